The number of carboxylic acid groups (broad SMARTS) is 1. The first-order chi connectivity index (χ1) is 7.09. The van der Waals surface area contributed by atoms with Gasteiger partial charge in [-0.05, 0) is 6.07 Å². The van der Waals surface area contributed by atoms with Crippen molar-refractivity contribution in [1.29, 1.82) is 0 Å². The number of carboxylic acids is 1. The number of rotatable bonds is 1. The van der Waals surface area contributed by atoms with Crippen molar-refractivity contribution >= 4 is 5.97 Å². The Kier molecular flexibility index (Phi) is 2.32. The van der Waals surface area contributed by atoms with Crippen LogP contribution in [0.15, 0.2) is 18.2 Å². The Morgan fingerprint density at radius 3 is 3.00 bits per heavy atom. The van der Waals surface area contributed by atoms with Gasteiger partial charge in [0, 0.05) is 17.7 Å². The number of aliphatic carboxylic acids is 1. The predicted molar refractivity (Wildman–Crippen MR) is 49.9 cm³/mol. The van der Waals surface area contributed by atoms with Crippen LogP contribution in [0.3, 0.4) is 0 Å². The molecule has 0 bridgehead atoms. The molecule has 1 aromatic rings. The van der Waals surface area contributed by atoms with E-state index < -0.39 is 23.7 Å². The van der Waals surface area contributed by atoms with E-state index in [0.717, 1.165) is 0 Å². The minimum Gasteiger partial charge on any atom is -0.492 e. The minimum absolute atomic E-state index is 0.0209. The zero-order valence-electron chi connectivity index (χ0n) is 7.81. The first-order valence-electron chi connectivity index (χ1n) is 4.50. The van der Waals surface area contributed by atoms with Crippen molar-refractivity contribution in [2.75, 3.05) is 6.61 Å². The van der Waals surface area contributed by atoms with Gasteiger partial charge in [-0.3, -0.25) is 4.79 Å². The molecule has 2 atom stereocenters. The van der Waals surface area contributed by atoms with Crippen LogP contribution >= 0.6 is 0 Å². The van der Waals surface area contributed by atoms with E-state index in [0.29, 0.717) is 11.3 Å². The fourth-order valence-electron chi connectivity index (χ4n) is 1.63. The number of hydrogen-bond acceptors (Lipinski definition) is 3. The lowest BCUT2D eigenvalue weighted by molar-refractivity contribution is -0.144. The van der Waals surface area contributed by atoms with Crippen LogP contribution in [0.4, 0.5) is 4.39 Å². The van der Waals surface area contributed by atoms with Crippen LogP contribution in [0.5, 0.6) is 5.75 Å². The van der Waals surface area contributed by atoms with Gasteiger partial charge < -0.3 is 15.6 Å². The lowest BCUT2D eigenvalue weighted by atomic mass is 9.91. The second-order valence-electron chi connectivity index (χ2n) is 3.46. The molecule has 1 aliphatic rings. The first-order valence-corrected chi connectivity index (χ1v) is 4.50. The third-order valence-corrected chi connectivity index (χ3v) is 2.50. The van der Waals surface area contributed by atoms with Gasteiger partial charge in [-0.25, -0.2) is 4.39 Å². The van der Waals surface area contributed by atoms with E-state index in [1.807, 2.05) is 0 Å². The molecule has 0 fully saturated rings. The third kappa shape index (κ3) is 1.66. The summed E-state index contributed by atoms with van der Waals surface area (Å²) in [5.74, 6) is -1.87. The molecular formula is C10H10FNO3. The van der Waals surface area contributed by atoms with Crippen LogP contribution in [0, 0.1) is 11.7 Å². The lowest BCUT2D eigenvalue weighted by Gasteiger charge is -2.28. The van der Waals surface area contributed by atoms with Crippen LogP contribution in [-0.4, -0.2) is 17.7 Å². The summed E-state index contributed by atoms with van der Waals surface area (Å²) in [4.78, 5) is 10.8. The van der Waals surface area contributed by atoms with Gasteiger partial charge in [0.2, 0.25) is 0 Å². The molecule has 2 unspecified atom stereocenters. The summed E-state index contributed by atoms with van der Waals surface area (Å²) in [6, 6.07) is 3.27. The van der Waals surface area contributed by atoms with Gasteiger partial charge in [0.05, 0.1) is 0 Å². The average Bonchev–Trinajstić information content (AvgIpc) is 2.17. The van der Waals surface area contributed by atoms with Gasteiger partial charge in [-0.2, -0.15) is 0 Å². The van der Waals surface area contributed by atoms with Crippen molar-refractivity contribution in [1.82, 2.24) is 0 Å². The fraction of sp³-hybridized carbons (Fsp3) is 0.300. The zero-order chi connectivity index (χ0) is 11.0. The minimum atomic E-state index is -1.00. The summed E-state index contributed by atoms with van der Waals surface area (Å²) in [6.07, 6.45) is 0. The normalized spacial score (nSPS) is 24.1. The molecule has 0 aliphatic carbocycles. The molecule has 0 radical (unpaired) electrons. The summed E-state index contributed by atoms with van der Waals surface area (Å²) >= 11 is 0. The van der Waals surface area contributed by atoms with Crippen LogP contribution in [0.1, 0.15) is 11.6 Å². The van der Waals surface area contributed by atoms with Gasteiger partial charge in [-0.1, -0.05) is 6.07 Å². The number of carbonyl (C=O) groups is 1. The Balaban J connectivity index is 2.38. The molecule has 0 saturated carbocycles. The van der Waals surface area contributed by atoms with Crippen molar-refractivity contribution in [2.24, 2.45) is 11.7 Å². The van der Waals surface area contributed by atoms with Gasteiger partial charge in [0.1, 0.15) is 24.1 Å². The van der Waals surface area contributed by atoms with Crippen LogP contribution in [-0.2, 0) is 4.79 Å². The fourth-order valence-corrected chi connectivity index (χ4v) is 1.63. The molecule has 2 rings (SSSR count). The highest BCUT2D eigenvalue weighted by Gasteiger charge is 2.33. The van der Waals surface area contributed by atoms with E-state index in [4.69, 9.17) is 15.6 Å². The Bertz CT molecular complexity index is 408. The molecule has 0 saturated heterocycles. The van der Waals surface area contributed by atoms with Crippen molar-refractivity contribution in [2.45, 2.75) is 6.04 Å². The summed E-state index contributed by atoms with van der Waals surface area (Å²) in [5, 5.41) is 8.85. The molecule has 15 heavy (non-hydrogen) atoms. The smallest absolute Gasteiger partial charge is 0.311 e. The summed E-state index contributed by atoms with van der Waals surface area (Å²) in [6.45, 7) is -0.0209. The topological polar surface area (TPSA) is 72.5 Å². The number of ether oxygens (including phenoxy) is 1. The van der Waals surface area contributed by atoms with Gasteiger partial charge in [0.15, 0.2) is 0 Å². The molecule has 5 heteroatoms. The standard InChI is InChI=1S/C10H10FNO3/c11-5-1-2-6-8(3-5)15-4-7(9(6)12)10(13)14/h1-3,7,9H,4,12H2,(H,13,14). The van der Waals surface area contributed by atoms with Crippen molar-refractivity contribution in [3.8, 4) is 5.75 Å². The molecule has 1 heterocycles. The zero-order valence-corrected chi connectivity index (χ0v) is 7.81. The first kappa shape index (κ1) is 9.92. The van der Waals surface area contributed by atoms with Crippen LogP contribution in [0.2, 0.25) is 0 Å². The van der Waals surface area contributed by atoms with E-state index in [2.05, 4.69) is 0 Å². The Hall–Kier alpha value is -1.62. The second-order valence-corrected chi connectivity index (χ2v) is 3.46. The van der Waals surface area contributed by atoms with E-state index in [-0.39, 0.29) is 6.61 Å². The molecule has 0 aromatic heterocycles. The maximum atomic E-state index is 12.8. The number of halogens is 1. The third-order valence-electron chi connectivity index (χ3n) is 2.50. The highest BCUT2D eigenvalue weighted by Crippen LogP contribution is 2.34. The van der Waals surface area contributed by atoms with Crippen LogP contribution in [0.25, 0.3) is 0 Å². The van der Waals surface area contributed by atoms with E-state index in [1.54, 1.807) is 0 Å². The molecule has 80 valence electrons. The molecular weight excluding hydrogens is 201 g/mol. The van der Waals surface area contributed by atoms with Crippen molar-refractivity contribution in [3.63, 3.8) is 0 Å². The molecule has 4 nitrogen and oxygen atoms in total. The van der Waals surface area contributed by atoms with E-state index in [9.17, 15) is 9.18 Å². The summed E-state index contributed by atoms with van der Waals surface area (Å²) in [5.41, 5.74) is 6.30. The summed E-state index contributed by atoms with van der Waals surface area (Å²) < 4.78 is 18.0. The SMILES string of the molecule is NC1c2ccc(F)cc2OCC1C(=O)O. The second kappa shape index (κ2) is 3.51. The maximum Gasteiger partial charge on any atom is 0.311 e. The molecule has 0 spiro atoms. The van der Waals surface area contributed by atoms with Gasteiger partial charge in [0.25, 0.3) is 0 Å². The number of nitrogens with two attached hydrogens (primary N) is 1. The monoisotopic (exact) mass is 211 g/mol. The Morgan fingerprint density at radius 2 is 2.33 bits per heavy atom. The summed E-state index contributed by atoms with van der Waals surface area (Å²) in [7, 11) is 0. The highest BCUT2D eigenvalue weighted by molar-refractivity contribution is 5.72. The lowest BCUT2D eigenvalue weighted by Crippen LogP contribution is -2.36. The van der Waals surface area contributed by atoms with Gasteiger partial charge >= 0.3 is 5.97 Å². The largest absolute Gasteiger partial charge is 0.492 e. The number of benzene rings is 1. The molecule has 3 N–H and O–H groups in total. The molecule has 0 amide bonds. The van der Waals surface area contributed by atoms with E-state index in [1.165, 1.54) is 18.2 Å². The van der Waals surface area contributed by atoms with E-state index >= 15 is 0 Å². The molecule has 1 aliphatic heterocycles. The maximum absolute atomic E-state index is 12.8. The predicted octanol–water partition coefficient (Wildman–Crippen LogP) is 0.919. The number of fused-ring (bicyclic) bond motifs is 1. The number of hydrogen-bond donors (Lipinski definition) is 2. The average molecular weight is 211 g/mol. The Morgan fingerprint density at radius 1 is 1.60 bits per heavy atom. The Labute approximate surface area is 85.5 Å². The van der Waals surface area contributed by atoms with Crippen molar-refractivity contribution < 1.29 is 19.0 Å². The quantitative estimate of drug-likeness (QED) is 0.724. The van der Waals surface area contributed by atoms with Crippen LogP contribution < -0.4 is 10.5 Å². The van der Waals surface area contributed by atoms with Gasteiger partial charge in [-0.15, -0.1) is 0 Å². The van der Waals surface area contributed by atoms with Crippen molar-refractivity contribution in [3.05, 3.63) is 29.6 Å². The highest BCUT2D eigenvalue weighted by atomic mass is 19.1. The molecule has 1 aromatic carbocycles.